The number of anilines is 2. The maximum Gasteiger partial charge on any atom is 0.362 e. The van der Waals surface area contributed by atoms with Crippen LogP contribution in [0, 0.1) is 27.7 Å². The van der Waals surface area contributed by atoms with E-state index in [1.807, 2.05) is 0 Å². The Kier molecular flexibility index (Phi) is 4.19. The van der Waals surface area contributed by atoms with Crippen molar-refractivity contribution >= 4 is 30.2 Å². The summed E-state index contributed by atoms with van der Waals surface area (Å²) in [5, 5.41) is 0. The van der Waals surface area contributed by atoms with Crippen LogP contribution < -0.4 is 9.13 Å². The summed E-state index contributed by atoms with van der Waals surface area (Å²) in [5.41, 5.74) is 7.90. The third-order valence-corrected chi connectivity index (χ3v) is 9.04. The molecule has 0 aliphatic carbocycles. The van der Waals surface area contributed by atoms with E-state index in [1.54, 1.807) is 0 Å². The average molecular weight is 345 g/mol. The second-order valence-corrected chi connectivity index (χ2v) is 11.7. The lowest BCUT2D eigenvalue weighted by atomic mass is 10.1. The van der Waals surface area contributed by atoms with E-state index in [0.717, 1.165) is 13.1 Å². The Balaban J connectivity index is 2.06. The van der Waals surface area contributed by atoms with Crippen LogP contribution in [0.4, 0.5) is 11.4 Å². The average Bonchev–Trinajstić information content (AvgIpc) is 2.75. The summed E-state index contributed by atoms with van der Waals surface area (Å²) in [4.78, 5) is 0. The normalized spacial score (nSPS) is 17.0. The first-order valence-corrected chi connectivity index (χ1v) is 11.6. The zero-order valence-electron chi connectivity index (χ0n) is 14.7. The molecule has 1 aliphatic rings. The van der Waals surface area contributed by atoms with Gasteiger partial charge in [0, 0.05) is 24.5 Å². The van der Waals surface area contributed by atoms with Gasteiger partial charge in [0.25, 0.3) is 0 Å². The number of hydrogen-bond donors (Lipinski definition) is 0. The maximum absolute atomic E-state index is 7.25. The molecule has 4 heteroatoms. The number of para-hydroxylation sites is 2. The van der Waals surface area contributed by atoms with Gasteiger partial charge in [-0.2, -0.15) is 0 Å². The first-order chi connectivity index (χ1) is 10.8. The van der Waals surface area contributed by atoms with Gasteiger partial charge in [-0.1, -0.05) is 36.4 Å². The van der Waals surface area contributed by atoms with E-state index in [9.17, 15) is 0 Å². The van der Waals surface area contributed by atoms with Gasteiger partial charge in [0.2, 0.25) is 0 Å². The van der Waals surface area contributed by atoms with Crippen molar-refractivity contribution in [1.82, 2.24) is 0 Å². The molecule has 1 fully saturated rings. The third-order valence-electron chi connectivity index (χ3n) is 4.95. The van der Waals surface area contributed by atoms with Crippen LogP contribution in [0.25, 0.3) is 0 Å². The van der Waals surface area contributed by atoms with Gasteiger partial charge in [-0.05, 0) is 56.5 Å². The fourth-order valence-corrected chi connectivity index (χ4v) is 7.69. The lowest BCUT2D eigenvalue weighted by Crippen LogP contribution is -2.53. The van der Waals surface area contributed by atoms with Crippen LogP contribution in [0.15, 0.2) is 36.4 Å². The van der Waals surface area contributed by atoms with Gasteiger partial charge in [0.15, 0.2) is 0 Å². The Morgan fingerprint density at radius 2 is 1.04 bits per heavy atom. The van der Waals surface area contributed by atoms with Crippen LogP contribution in [0.2, 0.25) is 6.55 Å². The minimum Gasteiger partial charge on any atom is -0.367 e. The summed E-state index contributed by atoms with van der Waals surface area (Å²) in [6.45, 7) is 13.0. The fraction of sp³-hybridized carbons (Fsp3) is 0.368. The van der Waals surface area contributed by atoms with Crippen molar-refractivity contribution < 1.29 is 0 Å². The molecule has 0 unspecified atom stereocenters. The van der Waals surface area contributed by atoms with Gasteiger partial charge < -0.3 is 9.13 Å². The summed E-state index contributed by atoms with van der Waals surface area (Å²) in [7, 11) is -2.27. The number of halogens is 1. The number of aryl methyl sites for hydroxylation is 4. The van der Waals surface area contributed by atoms with Crippen molar-refractivity contribution in [2.75, 3.05) is 22.2 Å². The van der Waals surface area contributed by atoms with Crippen molar-refractivity contribution in [3.05, 3.63) is 58.7 Å². The third kappa shape index (κ3) is 2.66. The summed E-state index contributed by atoms with van der Waals surface area (Å²) in [6, 6.07) is 13.0. The molecule has 0 aromatic heterocycles. The van der Waals surface area contributed by atoms with Crippen molar-refractivity contribution in [2.45, 2.75) is 34.2 Å². The van der Waals surface area contributed by atoms with E-state index in [4.69, 9.17) is 11.1 Å². The minimum atomic E-state index is -2.27. The van der Waals surface area contributed by atoms with Crippen molar-refractivity contribution in [2.24, 2.45) is 0 Å². The molecule has 23 heavy (non-hydrogen) atoms. The molecule has 1 saturated heterocycles. The van der Waals surface area contributed by atoms with Gasteiger partial charge in [0.05, 0.1) is 0 Å². The van der Waals surface area contributed by atoms with Crippen molar-refractivity contribution in [3.8, 4) is 0 Å². The standard InChI is InChI=1S/C19H25ClN2Si/c1-14-8-6-9-15(2)18(14)21-12-13-22(23(21,5)20)19-16(3)10-7-11-17(19)4/h6-11H,12-13H2,1-5H3. The van der Waals surface area contributed by atoms with Gasteiger partial charge in [0.1, 0.15) is 0 Å². The van der Waals surface area contributed by atoms with E-state index < -0.39 is 7.71 Å². The zero-order valence-corrected chi connectivity index (χ0v) is 16.4. The Morgan fingerprint density at radius 1 is 0.739 bits per heavy atom. The molecule has 0 radical (unpaired) electrons. The van der Waals surface area contributed by atoms with Gasteiger partial charge in [-0.25, -0.2) is 0 Å². The SMILES string of the molecule is Cc1cccc(C)c1N1CCN(c2c(C)cccc2C)[Si]1(C)Cl. The second-order valence-electron chi connectivity index (χ2n) is 6.69. The van der Waals surface area contributed by atoms with Gasteiger partial charge in [-0.3, -0.25) is 0 Å². The molecule has 0 bridgehead atoms. The smallest absolute Gasteiger partial charge is 0.362 e. The van der Waals surface area contributed by atoms with E-state index in [2.05, 4.69) is 79.8 Å². The molecule has 1 aliphatic heterocycles. The number of nitrogens with zero attached hydrogens (tertiary/aromatic N) is 2. The molecular formula is C19H25ClN2Si. The Labute approximate surface area is 145 Å². The fourth-order valence-electron chi connectivity index (χ4n) is 3.85. The Bertz CT molecular complexity index is 640. The van der Waals surface area contributed by atoms with E-state index in [1.165, 1.54) is 33.6 Å². The van der Waals surface area contributed by atoms with Crippen molar-refractivity contribution in [3.63, 3.8) is 0 Å². The highest BCUT2D eigenvalue weighted by molar-refractivity contribution is 7.23. The van der Waals surface area contributed by atoms with Crippen molar-refractivity contribution in [1.29, 1.82) is 0 Å². The van der Waals surface area contributed by atoms with E-state index >= 15 is 0 Å². The highest BCUT2D eigenvalue weighted by atomic mass is 35.6. The van der Waals surface area contributed by atoms with Crippen LogP contribution in [-0.2, 0) is 0 Å². The molecule has 2 aromatic rings. The van der Waals surface area contributed by atoms with Crippen LogP contribution in [0.1, 0.15) is 22.3 Å². The molecule has 2 nitrogen and oxygen atoms in total. The molecule has 1 heterocycles. The van der Waals surface area contributed by atoms with E-state index in [0.29, 0.717) is 0 Å². The molecule has 0 saturated carbocycles. The number of rotatable bonds is 2. The molecule has 0 atom stereocenters. The summed E-state index contributed by atoms with van der Waals surface area (Å²) >= 11 is 7.25. The zero-order chi connectivity index (χ0) is 16.8. The van der Waals surface area contributed by atoms with E-state index in [-0.39, 0.29) is 0 Å². The quantitative estimate of drug-likeness (QED) is 0.555. The number of hydrogen-bond acceptors (Lipinski definition) is 2. The number of benzene rings is 2. The van der Waals surface area contributed by atoms with Gasteiger partial charge in [-0.15, -0.1) is 11.1 Å². The second kappa shape index (κ2) is 5.88. The predicted molar refractivity (Wildman–Crippen MR) is 104 cm³/mol. The molecular weight excluding hydrogens is 320 g/mol. The summed E-state index contributed by atoms with van der Waals surface area (Å²) < 4.78 is 4.95. The van der Waals surface area contributed by atoms with Gasteiger partial charge >= 0.3 is 7.71 Å². The molecule has 0 amide bonds. The maximum atomic E-state index is 7.25. The molecule has 122 valence electrons. The Morgan fingerprint density at radius 3 is 1.35 bits per heavy atom. The molecule has 0 spiro atoms. The monoisotopic (exact) mass is 344 g/mol. The predicted octanol–water partition coefficient (Wildman–Crippen LogP) is 5.05. The largest absolute Gasteiger partial charge is 0.367 e. The highest BCUT2D eigenvalue weighted by Gasteiger charge is 2.47. The lowest BCUT2D eigenvalue weighted by Gasteiger charge is -2.37. The minimum absolute atomic E-state index is 0.992. The van der Waals surface area contributed by atoms with Crippen LogP contribution >= 0.6 is 11.1 Å². The summed E-state index contributed by atoms with van der Waals surface area (Å²) in [6.07, 6.45) is 0. The van der Waals surface area contributed by atoms with Crippen LogP contribution in [0.5, 0.6) is 0 Å². The molecule has 3 rings (SSSR count). The Hall–Kier alpha value is -1.45. The first kappa shape index (κ1) is 16.4. The molecule has 2 aromatic carbocycles. The highest BCUT2D eigenvalue weighted by Crippen LogP contribution is 2.40. The van der Waals surface area contributed by atoms with Crippen LogP contribution in [-0.4, -0.2) is 20.8 Å². The van der Waals surface area contributed by atoms with Crippen LogP contribution in [0.3, 0.4) is 0 Å². The topological polar surface area (TPSA) is 6.48 Å². The molecule has 0 N–H and O–H groups in total. The first-order valence-electron chi connectivity index (χ1n) is 8.20. The lowest BCUT2D eigenvalue weighted by molar-refractivity contribution is 1.01. The summed E-state index contributed by atoms with van der Waals surface area (Å²) in [5.74, 6) is 0.